The van der Waals surface area contributed by atoms with Gasteiger partial charge in [0.2, 0.25) is 0 Å². The summed E-state index contributed by atoms with van der Waals surface area (Å²) in [6, 6.07) is 6.14. The van der Waals surface area contributed by atoms with Crippen molar-refractivity contribution >= 4 is 11.6 Å². The first-order valence-electron chi connectivity index (χ1n) is 6.02. The second kappa shape index (κ2) is 5.28. The van der Waals surface area contributed by atoms with Gasteiger partial charge in [-0.05, 0) is 37.5 Å². The standard InChI is InChI=1S/C14H19ClO2/c1-9-6-11(4-5-13(9)16-3)14(15)12-7-10(2)17-8-12/h4-6,10,12,14H,7-8H2,1-3H3. The van der Waals surface area contributed by atoms with E-state index in [2.05, 4.69) is 13.0 Å². The van der Waals surface area contributed by atoms with E-state index in [4.69, 9.17) is 21.1 Å². The van der Waals surface area contributed by atoms with Crippen LogP contribution < -0.4 is 4.74 Å². The lowest BCUT2D eigenvalue weighted by Gasteiger charge is -2.17. The molecule has 0 radical (unpaired) electrons. The first-order chi connectivity index (χ1) is 8.11. The second-order valence-electron chi connectivity index (χ2n) is 4.77. The molecule has 0 aromatic heterocycles. The third kappa shape index (κ3) is 2.75. The molecule has 0 N–H and O–H groups in total. The van der Waals surface area contributed by atoms with Gasteiger partial charge >= 0.3 is 0 Å². The third-order valence-electron chi connectivity index (χ3n) is 3.38. The summed E-state index contributed by atoms with van der Waals surface area (Å²) in [6.07, 6.45) is 1.37. The van der Waals surface area contributed by atoms with Crippen molar-refractivity contribution in [2.75, 3.05) is 13.7 Å². The molecule has 3 heteroatoms. The molecule has 0 bridgehead atoms. The lowest BCUT2D eigenvalue weighted by molar-refractivity contribution is 0.120. The molecular weight excluding hydrogens is 236 g/mol. The molecule has 1 aliphatic heterocycles. The molecule has 1 saturated heterocycles. The maximum absolute atomic E-state index is 6.52. The van der Waals surface area contributed by atoms with Crippen LogP contribution in [0.3, 0.4) is 0 Å². The van der Waals surface area contributed by atoms with Gasteiger partial charge < -0.3 is 9.47 Å². The highest BCUT2D eigenvalue weighted by atomic mass is 35.5. The van der Waals surface area contributed by atoms with Gasteiger partial charge in [-0.15, -0.1) is 11.6 Å². The van der Waals surface area contributed by atoms with Gasteiger partial charge in [0.25, 0.3) is 0 Å². The molecule has 0 spiro atoms. The Hall–Kier alpha value is -0.730. The van der Waals surface area contributed by atoms with Crippen molar-refractivity contribution in [3.63, 3.8) is 0 Å². The zero-order chi connectivity index (χ0) is 12.4. The minimum Gasteiger partial charge on any atom is -0.496 e. The van der Waals surface area contributed by atoms with Gasteiger partial charge in [-0.25, -0.2) is 0 Å². The Balaban J connectivity index is 2.14. The number of benzene rings is 1. The Morgan fingerprint density at radius 3 is 2.76 bits per heavy atom. The Morgan fingerprint density at radius 2 is 2.24 bits per heavy atom. The number of aryl methyl sites for hydroxylation is 1. The molecule has 1 heterocycles. The summed E-state index contributed by atoms with van der Waals surface area (Å²) in [5, 5.41) is 0.0320. The largest absolute Gasteiger partial charge is 0.496 e. The molecule has 1 aromatic carbocycles. The summed E-state index contributed by atoms with van der Waals surface area (Å²) >= 11 is 6.52. The van der Waals surface area contributed by atoms with Gasteiger partial charge in [0.15, 0.2) is 0 Å². The SMILES string of the molecule is COc1ccc(C(Cl)C2COC(C)C2)cc1C. The fourth-order valence-corrected chi connectivity index (χ4v) is 2.71. The van der Waals surface area contributed by atoms with E-state index >= 15 is 0 Å². The smallest absolute Gasteiger partial charge is 0.121 e. The van der Waals surface area contributed by atoms with Crippen LogP contribution in [0.5, 0.6) is 5.75 Å². The summed E-state index contributed by atoms with van der Waals surface area (Å²) in [6.45, 7) is 4.91. The lowest BCUT2D eigenvalue weighted by Crippen LogP contribution is -2.08. The van der Waals surface area contributed by atoms with Crippen LogP contribution in [0.1, 0.15) is 29.8 Å². The molecule has 94 valence electrons. The summed E-state index contributed by atoms with van der Waals surface area (Å²) < 4.78 is 10.8. The minimum absolute atomic E-state index is 0.0320. The normalized spacial score (nSPS) is 25.9. The van der Waals surface area contributed by atoms with E-state index < -0.39 is 0 Å². The van der Waals surface area contributed by atoms with Crippen LogP contribution in [0.2, 0.25) is 0 Å². The van der Waals surface area contributed by atoms with Gasteiger partial charge in [0, 0.05) is 5.92 Å². The van der Waals surface area contributed by atoms with Crippen molar-refractivity contribution < 1.29 is 9.47 Å². The molecule has 0 saturated carbocycles. The number of alkyl halides is 1. The predicted molar refractivity (Wildman–Crippen MR) is 69.8 cm³/mol. The molecule has 2 nitrogen and oxygen atoms in total. The van der Waals surface area contributed by atoms with Gasteiger partial charge in [0.05, 0.1) is 25.2 Å². The van der Waals surface area contributed by atoms with Crippen LogP contribution in [0.25, 0.3) is 0 Å². The lowest BCUT2D eigenvalue weighted by atomic mass is 9.95. The van der Waals surface area contributed by atoms with Crippen LogP contribution in [0.4, 0.5) is 0 Å². The summed E-state index contributed by atoms with van der Waals surface area (Å²) in [5.41, 5.74) is 2.29. The summed E-state index contributed by atoms with van der Waals surface area (Å²) in [4.78, 5) is 0. The highest BCUT2D eigenvalue weighted by Gasteiger charge is 2.29. The first kappa shape index (κ1) is 12.7. The second-order valence-corrected chi connectivity index (χ2v) is 5.24. The number of rotatable bonds is 3. The van der Waals surface area contributed by atoms with Crippen LogP contribution in [0.15, 0.2) is 18.2 Å². The zero-order valence-corrected chi connectivity index (χ0v) is 11.3. The minimum atomic E-state index is 0.0320. The Labute approximate surface area is 108 Å². The van der Waals surface area contributed by atoms with Crippen molar-refractivity contribution in [1.82, 2.24) is 0 Å². The van der Waals surface area contributed by atoms with Crippen LogP contribution in [-0.4, -0.2) is 19.8 Å². The van der Waals surface area contributed by atoms with Gasteiger partial charge in [-0.1, -0.05) is 12.1 Å². The van der Waals surface area contributed by atoms with E-state index in [1.54, 1.807) is 7.11 Å². The predicted octanol–water partition coefficient (Wildman–Crippen LogP) is 3.71. The number of halogens is 1. The number of hydrogen-bond donors (Lipinski definition) is 0. The van der Waals surface area contributed by atoms with Gasteiger partial charge in [-0.3, -0.25) is 0 Å². The first-order valence-corrected chi connectivity index (χ1v) is 6.45. The molecular formula is C14H19ClO2. The van der Waals surface area contributed by atoms with Gasteiger partial charge in [0.1, 0.15) is 5.75 Å². The zero-order valence-electron chi connectivity index (χ0n) is 10.6. The van der Waals surface area contributed by atoms with E-state index in [1.807, 2.05) is 19.1 Å². The summed E-state index contributed by atoms with van der Waals surface area (Å²) in [7, 11) is 1.69. The van der Waals surface area contributed by atoms with Crippen molar-refractivity contribution in [3.8, 4) is 5.75 Å². The van der Waals surface area contributed by atoms with Crippen molar-refractivity contribution in [2.45, 2.75) is 31.7 Å². The Bertz CT molecular complexity index is 392. The quantitative estimate of drug-likeness (QED) is 0.766. The number of ether oxygens (including phenoxy) is 2. The van der Waals surface area contributed by atoms with Crippen molar-refractivity contribution in [2.24, 2.45) is 5.92 Å². The molecule has 0 aliphatic carbocycles. The van der Waals surface area contributed by atoms with Crippen molar-refractivity contribution in [1.29, 1.82) is 0 Å². The Morgan fingerprint density at radius 1 is 1.47 bits per heavy atom. The van der Waals surface area contributed by atoms with Crippen LogP contribution in [-0.2, 0) is 4.74 Å². The molecule has 1 fully saturated rings. The van der Waals surface area contributed by atoms with Crippen LogP contribution in [0, 0.1) is 12.8 Å². The van der Waals surface area contributed by atoms with Gasteiger partial charge in [-0.2, -0.15) is 0 Å². The highest BCUT2D eigenvalue weighted by molar-refractivity contribution is 6.21. The third-order valence-corrected chi connectivity index (χ3v) is 3.99. The fraction of sp³-hybridized carbons (Fsp3) is 0.571. The van der Waals surface area contributed by atoms with E-state index in [-0.39, 0.29) is 5.38 Å². The number of methoxy groups -OCH3 is 1. The molecule has 1 aromatic rings. The molecule has 0 amide bonds. The fourth-order valence-electron chi connectivity index (χ4n) is 2.40. The maximum Gasteiger partial charge on any atom is 0.121 e. The molecule has 3 atom stereocenters. The van der Waals surface area contributed by atoms with E-state index in [9.17, 15) is 0 Å². The topological polar surface area (TPSA) is 18.5 Å². The molecule has 3 unspecified atom stereocenters. The number of hydrogen-bond acceptors (Lipinski definition) is 2. The monoisotopic (exact) mass is 254 g/mol. The molecule has 1 aliphatic rings. The summed E-state index contributed by atoms with van der Waals surface area (Å²) in [5.74, 6) is 1.33. The highest BCUT2D eigenvalue weighted by Crippen LogP contribution is 2.37. The average molecular weight is 255 g/mol. The Kier molecular flexibility index (Phi) is 3.95. The van der Waals surface area contributed by atoms with Crippen LogP contribution >= 0.6 is 11.6 Å². The van der Waals surface area contributed by atoms with E-state index in [0.29, 0.717) is 12.0 Å². The van der Waals surface area contributed by atoms with E-state index in [1.165, 1.54) is 0 Å². The average Bonchev–Trinajstić information content (AvgIpc) is 2.75. The van der Waals surface area contributed by atoms with Crippen molar-refractivity contribution in [3.05, 3.63) is 29.3 Å². The van der Waals surface area contributed by atoms with E-state index in [0.717, 1.165) is 29.9 Å². The maximum atomic E-state index is 6.52. The molecule has 2 rings (SSSR count). The molecule has 17 heavy (non-hydrogen) atoms.